The molecular weight excluding hydrogens is 310 g/mol. The molecule has 23 heavy (non-hydrogen) atoms. The Bertz CT molecular complexity index is 717. The summed E-state index contributed by atoms with van der Waals surface area (Å²) in [4.78, 5) is 12.4. The number of halogens is 1. The van der Waals surface area contributed by atoms with Crippen molar-refractivity contribution in [2.75, 3.05) is 5.32 Å². The molecule has 3 nitrogen and oxygen atoms in total. The highest BCUT2D eigenvalue weighted by atomic mass is 35.5. The third-order valence-corrected chi connectivity index (χ3v) is 4.16. The Morgan fingerprint density at radius 2 is 1.65 bits per heavy atom. The topological polar surface area (TPSA) is 38.3 Å². The summed E-state index contributed by atoms with van der Waals surface area (Å²) in [7, 11) is 0. The first-order valence-electron chi connectivity index (χ1n) is 7.59. The first kappa shape index (κ1) is 17.4. The average Bonchev–Trinajstić information content (AvgIpc) is 2.46. The molecule has 122 valence electrons. The molecule has 1 unspecified atom stereocenters. The molecule has 2 rings (SSSR count). The molecule has 1 atom stereocenters. The average molecular weight is 332 g/mol. The highest BCUT2D eigenvalue weighted by molar-refractivity contribution is 6.31. The highest BCUT2D eigenvalue weighted by Crippen LogP contribution is 2.24. The van der Waals surface area contributed by atoms with Gasteiger partial charge in [-0.1, -0.05) is 29.3 Å². The zero-order valence-electron chi connectivity index (χ0n) is 14.2. The predicted octanol–water partition coefficient (Wildman–Crippen LogP) is 4.98. The number of aryl methyl sites for hydroxylation is 4. The molecule has 1 amide bonds. The fourth-order valence-corrected chi connectivity index (χ4v) is 2.67. The van der Waals surface area contributed by atoms with Crippen molar-refractivity contribution in [3.8, 4) is 5.75 Å². The molecule has 0 fully saturated rings. The van der Waals surface area contributed by atoms with Crippen LogP contribution in [0.2, 0.25) is 5.02 Å². The minimum atomic E-state index is -0.601. The lowest BCUT2D eigenvalue weighted by atomic mass is 10.0. The summed E-state index contributed by atoms with van der Waals surface area (Å²) in [6.45, 7) is 9.66. The molecule has 0 saturated heterocycles. The maximum atomic E-state index is 12.4. The van der Waals surface area contributed by atoms with Crippen molar-refractivity contribution < 1.29 is 9.53 Å². The molecule has 0 radical (unpaired) electrons. The minimum Gasteiger partial charge on any atom is -0.481 e. The molecule has 0 aliphatic carbocycles. The van der Waals surface area contributed by atoms with Crippen LogP contribution in [0.3, 0.4) is 0 Å². The van der Waals surface area contributed by atoms with Gasteiger partial charge >= 0.3 is 0 Å². The van der Waals surface area contributed by atoms with Gasteiger partial charge in [0.1, 0.15) is 5.75 Å². The van der Waals surface area contributed by atoms with E-state index < -0.39 is 6.10 Å². The molecule has 1 N–H and O–H groups in total. The Hall–Kier alpha value is -2.00. The van der Waals surface area contributed by atoms with Gasteiger partial charge in [-0.25, -0.2) is 0 Å². The highest BCUT2D eigenvalue weighted by Gasteiger charge is 2.17. The van der Waals surface area contributed by atoms with Crippen LogP contribution in [-0.4, -0.2) is 12.0 Å². The van der Waals surface area contributed by atoms with E-state index in [0.717, 1.165) is 22.4 Å². The molecule has 0 aliphatic heterocycles. The number of anilines is 1. The summed E-state index contributed by atoms with van der Waals surface area (Å²) in [5, 5.41) is 3.64. The monoisotopic (exact) mass is 331 g/mol. The van der Waals surface area contributed by atoms with Crippen molar-refractivity contribution in [2.24, 2.45) is 0 Å². The third kappa shape index (κ3) is 4.26. The van der Waals surface area contributed by atoms with E-state index in [1.54, 1.807) is 19.1 Å². The number of amides is 1. The van der Waals surface area contributed by atoms with E-state index in [0.29, 0.717) is 10.8 Å². The second-order valence-electron chi connectivity index (χ2n) is 5.93. The van der Waals surface area contributed by atoms with Gasteiger partial charge in [0.05, 0.1) is 0 Å². The largest absolute Gasteiger partial charge is 0.481 e. The van der Waals surface area contributed by atoms with Crippen molar-refractivity contribution in [1.82, 2.24) is 0 Å². The molecule has 0 bridgehead atoms. The summed E-state index contributed by atoms with van der Waals surface area (Å²) in [5.41, 5.74) is 5.04. The van der Waals surface area contributed by atoms with Crippen molar-refractivity contribution in [2.45, 2.75) is 40.7 Å². The van der Waals surface area contributed by atoms with Crippen LogP contribution in [0.15, 0.2) is 30.3 Å². The van der Waals surface area contributed by atoms with Crippen LogP contribution < -0.4 is 10.1 Å². The predicted molar refractivity (Wildman–Crippen MR) is 95.6 cm³/mol. The summed E-state index contributed by atoms with van der Waals surface area (Å²) in [5.74, 6) is 0.458. The first-order valence-corrected chi connectivity index (χ1v) is 7.97. The summed E-state index contributed by atoms with van der Waals surface area (Å²) >= 11 is 6.00. The van der Waals surface area contributed by atoms with Crippen LogP contribution >= 0.6 is 11.6 Å². The number of carbonyl (C=O) groups is 1. The molecular formula is C19H22ClNO2. The maximum absolute atomic E-state index is 12.4. The van der Waals surface area contributed by atoms with Gasteiger partial charge in [0.25, 0.3) is 5.91 Å². The van der Waals surface area contributed by atoms with E-state index in [2.05, 4.69) is 17.4 Å². The lowest BCUT2D eigenvalue weighted by Gasteiger charge is -2.18. The van der Waals surface area contributed by atoms with Crippen molar-refractivity contribution >= 4 is 23.2 Å². The summed E-state index contributed by atoms with van der Waals surface area (Å²) < 4.78 is 5.72. The maximum Gasteiger partial charge on any atom is 0.265 e. The molecule has 0 aliphatic rings. The van der Waals surface area contributed by atoms with Crippen molar-refractivity contribution in [1.29, 1.82) is 0 Å². The number of ether oxygens (including phenoxy) is 1. The lowest BCUT2D eigenvalue weighted by Crippen LogP contribution is -2.30. The van der Waals surface area contributed by atoms with E-state index in [1.165, 1.54) is 5.56 Å². The molecule has 0 heterocycles. The van der Waals surface area contributed by atoms with Crippen LogP contribution in [0, 0.1) is 27.7 Å². The van der Waals surface area contributed by atoms with E-state index in [4.69, 9.17) is 16.3 Å². The Morgan fingerprint density at radius 3 is 2.22 bits per heavy atom. The number of benzene rings is 2. The summed E-state index contributed by atoms with van der Waals surface area (Å²) in [6, 6.07) is 9.47. The van der Waals surface area contributed by atoms with Crippen LogP contribution in [-0.2, 0) is 4.79 Å². The number of hydrogen-bond acceptors (Lipinski definition) is 2. The van der Waals surface area contributed by atoms with Gasteiger partial charge in [0, 0.05) is 10.7 Å². The third-order valence-electron chi connectivity index (χ3n) is 3.74. The fraction of sp³-hybridized carbons (Fsp3) is 0.316. The lowest BCUT2D eigenvalue weighted by molar-refractivity contribution is -0.122. The zero-order chi connectivity index (χ0) is 17.1. The second-order valence-corrected chi connectivity index (χ2v) is 6.34. The molecule has 0 saturated carbocycles. The minimum absolute atomic E-state index is 0.173. The van der Waals surface area contributed by atoms with E-state index in [1.807, 2.05) is 33.8 Å². The Labute approximate surface area is 142 Å². The number of nitrogens with one attached hydrogen (secondary N) is 1. The van der Waals surface area contributed by atoms with Gasteiger partial charge in [0.2, 0.25) is 0 Å². The number of hydrogen-bond donors (Lipinski definition) is 1. The van der Waals surface area contributed by atoms with Gasteiger partial charge in [-0.15, -0.1) is 0 Å². The van der Waals surface area contributed by atoms with Crippen LogP contribution in [0.4, 0.5) is 5.69 Å². The zero-order valence-corrected chi connectivity index (χ0v) is 14.9. The summed E-state index contributed by atoms with van der Waals surface area (Å²) in [6.07, 6.45) is -0.601. The second kappa shape index (κ2) is 7.05. The van der Waals surface area contributed by atoms with Crippen molar-refractivity contribution in [3.05, 3.63) is 57.6 Å². The molecule has 4 heteroatoms. The molecule has 0 aromatic heterocycles. The molecule has 2 aromatic carbocycles. The van der Waals surface area contributed by atoms with E-state index in [9.17, 15) is 4.79 Å². The Morgan fingerprint density at radius 1 is 1.04 bits per heavy atom. The van der Waals surface area contributed by atoms with Crippen LogP contribution in [0.1, 0.15) is 29.2 Å². The van der Waals surface area contributed by atoms with Crippen LogP contribution in [0.25, 0.3) is 0 Å². The van der Waals surface area contributed by atoms with Gasteiger partial charge in [0.15, 0.2) is 6.10 Å². The Balaban J connectivity index is 2.10. The van der Waals surface area contributed by atoms with E-state index in [-0.39, 0.29) is 5.91 Å². The number of rotatable bonds is 4. The fourth-order valence-electron chi connectivity index (χ4n) is 2.55. The standard InChI is InChI=1S/C19H22ClNO2/c1-11-8-13(3)18(14(4)9-11)21-19(22)15(5)23-16-6-7-17(20)12(2)10-16/h6-10,15H,1-5H3,(H,21,22). The van der Waals surface area contributed by atoms with Gasteiger partial charge in [-0.05, 0) is 69.5 Å². The quantitative estimate of drug-likeness (QED) is 0.858. The van der Waals surface area contributed by atoms with Crippen LogP contribution in [0.5, 0.6) is 5.75 Å². The van der Waals surface area contributed by atoms with Gasteiger partial charge in [-0.2, -0.15) is 0 Å². The first-order chi connectivity index (χ1) is 10.8. The smallest absolute Gasteiger partial charge is 0.265 e. The van der Waals surface area contributed by atoms with Crippen molar-refractivity contribution in [3.63, 3.8) is 0 Å². The van der Waals surface area contributed by atoms with Gasteiger partial charge in [-0.3, -0.25) is 4.79 Å². The SMILES string of the molecule is Cc1cc(C)c(NC(=O)C(C)Oc2ccc(Cl)c(C)c2)c(C)c1. The number of carbonyl (C=O) groups excluding carboxylic acids is 1. The molecule has 0 spiro atoms. The normalized spacial score (nSPS) is 11.9. The molecule has 2 aromatic rings. The van der Waals surface area contributed by atoms with E-state index >= 15 is 0 Å². The Kier molecular flexibility index (Phi) is 5.32. The van der Waals surface area contributed by atoms with Gasteiger partial charge < -0.3 is 10.1 Å².